The quantitative estimate of drug-likeness (QED) is 0.854. The van der Waals surface area contributed by atoms with Gasteiger partial charge in [0, 0.05) is 5.57 Å². The van der Waals surface area contributed by atoms with Gasteiger partial charge in [-0.15, -0.1) is 0 Å². The molecule has 0 saturated heterocycles. The van der Waals surface area contributed by atoms with Crippen LogP contribution in [0.5, 0.6) is 5.75 Å². The lowest BCUT2D eigenvalue weighted by atomic mass is 10.0. The summed E-state index contributed by atoms with van der Waals surface area (Å²) in [7, 11) is 0. The number of anilines is 1. The van der Waals surface area contributed by atoms with Crippen molar-refractivity contribution >= 4 is 23.0 Å². The molecule has 23 heavy (non-hydrogen) atoms. The Kier molecular flexibility index (Phi) is 3.90. The first kappa shape index (κ1) is 15.3. The van der Waals surface area contributed by atoms with Crippen LogP contribution in [-0.4, -0.2) is 24.4 Å². The largest absolute Gasteiger partial charge is 0.483 e. The van der Waals surface area contributed by atoms with Crippen molar-refractivity contribution in [2.75, 3.05) is 11.5 Å². The minimum atomic E-state index is -0.371. The Bertz CT molecular complexity index is 752. The predicted octanol–water partition coefficient (Wildman–Crippen LogP) is 2.99. The fraction of sp³-hybridized carbons (Fsp3) is 0.294. The summed E-state index contributed by atoms with van der Waals surface area (Å²) < 4.78 is 19.7. The molecule has 3 rings (SSSR count). The molecule has 0 fully saturated rings. The highest BCUT2D eigenvalue weighted by Gasteiger charge is 2.35. The summed E-state index contributed by atoms with van der Waals surface area (Å²) in [6.45, 7) is 5.52. The fourth-order valence-electron chi connectivity index (χ4n) is 2.79. The van der Waals surface area contributed by atoms with Crippen LogP contribution in [0.2, 0.25) is 0 Å². The van der Waals surface area contributed by atoms with E-state index in [1.807, 2.05) is 24.0 Å². The van der Waals surface area contributed by atoms with Gasteiger partial charge in [-0.2, -0.15) is 5.10 Å². The second-order valence-electron chi connectivity index (χ2n) is 5.36. The van der Waals surface area contributed by atoms with E-state index in [0.29, 0.717) is 17.2 Å². The molecule has 0 bridgehead atoms. The molecule has 0 radical (unpaired) electrons. The van der Waals surface area contributed by atoms with E-state index < -0.39 is 0 Å². The maximum atomic E-state index is 14.0. The molecule has 5 nitrogen and oxygen atoms in total. The highest BCUT2D eigenvalue weighted by molar-refractivity contribution is 6.09. The van der Waals surface area contributed by atoms with E-state index in [4.69, 9.17) is 4.74 Å². The molecule has 1 atom stereocenters. The van der Waals surface area contributed by atoms with Crippen molar-refractivity contribution < 1.29 is 13.9 Å². The first-order valence-corrected chi connectivity index (χ1v) is 7.48. The summed E-state index contributed by atoms with van der Waals surface area (Å²) >= 11 is 0. The minimum Gasteiger partial charge on any atom is -0.483 e. The Balaban J connectivity index is 2.04. The highest BCUT2D eigenvalue weighted by atomic mass is 19.1. The predicted molar refractivity (Wildman–Crippen MR) is 88.0 cm³/mol. The van der Waals surface area contributed by atoms with Crippen molar-refractivity contribution in [3.05, 3.63) is 41.7 Å². The van der Waals surface area contributed by atoms with Crippen LogP contribution in [0.15, 0.2) is 41.3 Å². The van der Waals surface area contributed by atoms with E-state index in [9.17, 15) is 9.18 Å². The van der Waals surface area contributed by atoms with Gasteiger partial charge >= 0.3 is 0 Å². The van der Waals surface area contributed by atoms with Gasteiger partial charge in [0.1, 0.15) is 24.2 Å². The topological polar surface area (TPSA) is 53.9 Å². The van der Waals surface area contributed by atoms with Gasteiger partial charge in [0.25, 0.3) is 5.91 Å². The van der Waals surface area contributed by atoms with Gasteiger partial charge in [0.05, 0.1) is 5.69 Å². The lowest BCUT2D eigenvalue weighted by Crippen LogP contribution is -2.55. The molecule has 0 aliphatic carbocycles. The van der Waals surface area contributed by atoms with Crippen LogP contribution in [0.3, 0.4) is 0 Å². The van der Waals surface area contributed by atoms with Crippen molar-refractivity contribution in [3.63, 3.8) is 0 Å². The van der Waals surface area contributed by atoms with E-state index in [0.717, 1.165) is 11.3 Å². The maximum absolute atomic E-state index is 14.0. The first-order chi connectivity index (χ1) is 11.1. The maximum Gasteiger partial charge on any atom is 0.262 e. The summed E-state index contributed by atoms with van der Waals surface area (Å²) in [5.74, 6) is 0.825. The van der Waals surface area contributed by atoms with Crippen LogP contribution in [0, 0.1) is 0 Å². The molecule has 0 aromatic heterocycles. The minimum absolute atomic E-state index is 0.167. The Morgan fingerprint density at radius 2 is 2.22 bits per heavy atom. The molecule has 6 heteroatoms. The molecule has 1 amide bonds. The fourth-order valence-corrected chi connectivity index (χ4v) is 2.79. The van der Waals surface area contributed by atoms with Crippen LogP contribution in [0.4, 0.5) is 10.1 Å². The number of carbonyl (C=O) groups is 1. The van der Waals surface area contributed by atoms with Gasteiger partial charge in [-0.25, -0.2) is 9.82 Å². The Morgan fingerprint density at radius 1 is 1.43 bits per heavy atom. The number of hydrogen-bond acceptors (Lipinski definition) is 4. The Morgan fingerprint density at radius 3 is 2.91 bits per heavy atom. The van der Waals surface area contributed by atoms with Crippen molar-refractivity contribution in [1.82, 2.24) is 5.43 Å². The number of carbonyl (C=O) groups excluding carboxylic acids is 1. The summed E-state index contributed by atoms with van der Waals surface area (Å²) in [5.41, 5.74) is 4.49. The van der Waals surface area contributed by atoms with Gasteiger partial charge in [0.15, 0.2) is 5.84 Å². The number of nitrogens with one attached hydrogen (secondary N) is 1. The lowest BCUT2D eigenvalue weighted by Gasteiger charge is -2.38. The van der Waals surface area contributed by atoms with Crippen molar-refractivity contribution in [3.8, 4) is 5.75 Å². The standard InChI is InChI=1S/C17H18FN3O2/c1-4-12(13(18)5-2)11-6-7-14-15(8-11)23-9-16-19-20-17(22)10(3)21(14)16/h4-8,10H,9H2,1-3H3,(H,20,22). The van der Waals surface area contributed by atoms with Gasteiger partial charge in [0.2, 0.25) is 0 Å². The van der Waals surface area contributed by atoms with Crippen LogP contribution in [0.25, 0.3) is 5.57 Å². The molecule has 1 unspecified atom stereocenters. The monoisotopic (exact) mass is 315 g/mol. The zero-order valence-electron chi connectivity index (χ0n) is 13.3. The lowest BCUT2D eigenvalue weighted by molar-refractivity contribution is -0.122. The van der Waals surface area contributed by atoms with Crippen LogP contribution < -0.4 is 15.1 Å². The third-order valence-electron chi connectivity index (χ3n) is 4.03. The van der Waals surface area contributed by atoms with Crippen molar-refractivity contribution in [1.29, 1.82) is 0 Å². The Labute approximate surface area is 134 Å². The molecule has 1 aromatic rings. The molecule has 2 aliphatic rings. The molecular formula is C17H18FN3O2. The molecule has 120 valence electrons. The number of rotatable bonds is 2. The van der Waals surface area contributed by atoms with Crippen LogP contribution in [0.1, 0.15) is 26.3 Å². The van der Waals surface area contributed by atoms with Gasteiger partial charge < -0.3 is 9.64 Å². The molecular weight excluding hydrogens is 297 g/mol. The summed E-state index contributed by atoms with van der Waals surface area (Å²) in [4.78, 5) is 13.7. The number of amidine groups is 1. The van der Waals surface area contributed by atoms with Gasteiger partial charge in [-0.3, -0.25) is 4.79 Å². The Hall–Kier alpha value is -2.63. The number of ether oxygens (including phenoxy) is 1. The normalized spacial score (nSPS) is 21.0. The SMILES string of the molecule is CC=C(F)C(=CC)c1ccc2c(c1)OCC1=NNC(=O)C(C)N12. The zero-order chi connectivity index (χ0) is 16.6. The number of amides is 1. The number of hydrazone groups is 1. The van der Waals surface area contributed by atoms with Crippen molar-refractivity contribution in [2.24, 2.45) is 5.10 Å². The number of allylic oxidation sites excluding steroid dienone is 4. The first-order valence-electron chi connectivity index (χ1n) is 7.48. The van der Waals surface area contributed by atoms with E-state index in [1.54, 1.807) is 26.0 Å². The van der Waals surface area contributed by atoms with Crippen LogP contribution in [-0.2, 0) is 4.79 Å². The molecule has 2 heterocycles. The van der Waals surface area contributed by atoms with Gasteiger partial charge in [-0.1, -0.05) is 18.2 Å². The number of hydrogen-bond donors (Lipinski definition) is 1. The number of benzene rings is 1. The van der Waals surface area contributed by atoms with Crippen LogP contribution >= 0.6 is 0 Å². The smallest absolute Gasteiger partial charge is 0.262 e. The highest BCUT2D eigenvalue weighted by Crippen LogP contribution is 2.38. The molecule has 1 N–H and O–H groups in total. The third kappa shape index (κ3) is 2.50. The average Bonchev–Trinajstić information content (AvgIpc) is 2.58. The second-order valence-corrected chi connectivity index (χ2v) is 5.36. The average molecular weight is 315 g/mol. The van der Waals surface area contributed by atoms with E-state index in [-0.39, 0.29) is 24.4 Å². The van der Waals surface area contributed by atoms with E-state index in [2.05, 4.69) is 10.5 Å². The molecule has 1 aromatic carbocycles. The summed E-state index contributed by atoms with van der Waals surface area (Å²) in [5, 5.41) is 4.03. The molecule has 0 saturated carbocycles. The van der Waals surface area contributed by atoms with Crippen molar-refractivity contribution in [2.45, 2.75) is 26.8 Å². The summed E-state index contributed by atoms with van der Waals surface area (Å²) in [6, 6.07) is 5.08. The van der Waals surface area contributed by atoms with E-state index in [1.165, 1.54) is 6.08 Å². The number of fused-ring (bicyclic) bond motifs is 3. The second kappa shape index (κ2) is 5.87. The number of halogens is 1. The van der Waals surface area contributed by atoms with Gasteiger partial charge in [-0.05, 0) is 38.5 Å². The molecule has 2 aliphatic heterocycles. The summed E-state index contributed by atoms with van der Waals surface area (Å²) in [6.07, 6.45) is 3.15. The number of nitrogens with zero attached hydrogens (tertiary/aromatic N) is 2. The van der Waals surface area contributed by atoms with E-state index >= 15 is 0 Å². The molecule has 0 spiro atoms. The zero-order valence-corrected chi connectivity index (χ0v) is 13.3. The third-order valence-corrected chi connectivity index (χ3v) is 4.03.